The van der Waals surface area contributed by atoms with Gasteiger partial charge in [0.25, 0.3) is 0 Å². The van der Waals surface area contributed by atoms with E-state index in [4.69, 9.17) is 54.7 Å². The average Bonchev–Trinajstić information content (AvgIpc) is 2.03. The van der Waals surface area contributed by atoms with E-state index in [2.05, 4.69) is 0 Å². The van der Waals surface area contributed by atoms with Crippen molar-refractivity contribution in [2.24, 2.45) is 0 Å². The fourth-order valence-corrected chi connectivity index (χ4v) is 0. The first-order chi connectivity index (χ1) is 7.02. The van der Waals surface area contributed by atoms with Crippen molar-refractivity contribution in [3.8, 4) is 0 Å². The minimum atomic E-state index is -2.17. The quantitative estimate of drug-likeness (QED) is 0.155. The first-order valence-electron chi connectivity index (χ1n) is 2.99. The Labute approximate surface area is 93.1 Å². The van der Waals surface area contributed by atoms with Crippen LogP contribution in [0.3, 0.4) is 0 Å². The van der Waals surface area contributed by atoms with Crippen LogP contribution < -0.4 is 6.15 Å². The molecule has 13 heteroatoms. The number of carboxylic acids is 4. The molecular formula is C4H10BNO11. The molecule has 0 fully saturated rings. The molecular weight excluding hydrogens is 249 g/mol. The van der Waals surface area contributed by atoms with Crippen molar-refractivity contribution in [3.05, 3.63) is 0 Å². The number of carboxylic acid groups (broad SMARTS) is 4. The fraction of sp³-hybridized carbons (Fsp3) is 0. The molecule has 0 aromatic carbocycles. The third kappa shape index (κ3) is 57.2. The summed E-state index contributed by atoms with van der Waals surface area (Å²) in [6, 6.07) is 0. The summed E-state index contributed by atoms with van der Waals surface area (Å²) < 4.78 is 0. The first-order valence-corrected chi connectivity index (χ1v) is 2.99. The number of hydrogen-bond acceptors (Lipinski definition) is 8. The van der Waals surface area contributed by atoms with Gasteiger partial charge in [0.15, 0.2) is 0 Å². The van der Waals surface area contributed by atoms with Crippen molar-refractivity contribution in [1.29, 1.82) is 0 Å². The van der Waals surface area contributed by atoms with Crippen molar-refractivity contribution in [2.45, 2.75) is 0 Å². The highest BCUT2D eigenvalue weighted by atomic mass is 16.5. The van der Waals surface area contributed by atoms with E-state index in [-0.39, 0.29) is 6.15 Å². The summed E-state index contributed by atoms with van der Waals surface area (Å²) in [5.41, 5.74) is 0. The van der Waals surface area contributed by atoms with E-state index in [0.717, 1.165) is 0 Å². The predicted molar refractivity (Wildman–Crippen MR) is 48.0 cm³/mol. The molecule has 0 atom stereocenters. The van der Waals surface area contributed by atoms with E-state index in [1.165, 1.54) is 0 Å². The molecule has 0 spiro atoms. The topological polar surface area (TPSA) is 245 Å². The third-order valence-electron chi connectivity index (χ3n) is 0.366. The van der Waals surface area contributed by atoms with Crippen molar-refractivity contribution in [2.75, 3.05) is 0 Å². The zero-order chi connectivity index (χ0) is 13.9. The SMILES string of the molecule is N.O=C(O)C(=O)O.O=C(O)C(=O)O.OB(O)O. The molecule has 0 saturated carbocycles. The standard InChI is InChI=1S/2C2H2O4.BH3O3.H3N/c2*3-1(4)2(5)6;2-1(3)4;/h2*(H,3,4)(H,5,6);2-4H;1H3. The van der Waals surface area contributed by atoms with Gasteiger partial charge in [-0.3, -0.25) is 0 Å². The Balaban J connectivity index is -0.0000000741. The van der Waals surface area contributed by atoms with E-state index in [1.54, 1.807) is 0 Å². The van der Waals surface area contributed by atoms with Gasteiger partial charge in [-0.05, 0) is 0 Å². The van der Waals surface area contributed by atoms with Crippen LogP contribution in [0.5, 0.6) is 0 Å². The van der Waals surface area contributed by atoms with E-state index in [0.29, 0.717) is 0 Å². The van der Waals surface area contributed by atoms with E-state index >= 15 is 0 Å². The van der Waals surface area contributed by atoms with Crippen LogP contribution in [0, 0.1) is 0 Å². The second kappa shape index (κ2) is 13.8. The lowest BCUT2D eigenvalue weighted by Crippen LogP contribution is -2.09. The molecule has 0 aliphatic heterocycles. The number of aliphatic carboxylic acids is 4. The molecule has 0 aromatic rings. The van der Waals surface area contributed by atoms with Gasteiger partial charge < -0.3 is 41.6 Å². The molecule has 0 unspecified atom stereocenters. The molecule has 12 nitrogen and oxygen atoms in total. The third-order valence-corrected chi connectivity index (χ3v) is 0.366. The molecule has 0 heterocycles. The van der Waals surface area contributed by atoms with Gasteiger partial charge in [0.1, 0.15) is 0 Å². The molecule has 0 saturated heterocycles. The first kappa shape index (κ1) is 24.2. The lowest BCUT2D eigenvalue weighted by molar-refractivity contribution is -0.159. The molecule has 100 valence electrons. The van der Waals surface area contributed by atoms with Crippen LogP contribution in [-0.4, -0.2) is 66.7 Å². The van der Waals surface area contributed by atoms with Gasteiger partial charge in [-0.2, -0.15) is 0 Å². The summed E-state index contributed by atoms with van der Waals surface area (Å²) >= 11 is 0. The highest BCUT2D eigenvalue weighted by Crippen LogP contribution is 1.56. The summed E-state index contributed by atoms with van der Waals surface area (Å²) in [7, 11) is -2.17. The maximum absolute atomic E-state index is 9.10. The Morgan fingerprint density at radius 1 is 0.588 bits per heavy atom. The molecule has 0 aliphatic carbocycles. The zero-order valence-electron chi connectivity index (χ0n) is 8.05. The second-order valence-corrected chi connectivity index (χ2v) is 1.57. The Morgan fingerprint density at radius 2 is 0.647 bits per heavy atom. The molecule has 0 bridgehead atoms. The van der Waals surface area contributed by atoms with E-state index in [9.17, 15) is 0 Å². The Kier molecular flexibility index (Phi) is 19.6. The average molecular weight is 259 g/mol. The van der Waals surface area contributed by atoms with Crippen LogP contribution in [0.15, 0.2) is 0 Å². The van der Waals surface area contributed by atoms with Crippen molar-refractivity contribution in [3.63, 3.8) is 0 Å². The van der Waals surface area contributed by atoms with Gasteiger partial charge >= 0.3 is 31.2 Å². The van der Waals surface area contributed by atoms with Gasteiger partial charge in [-0.25, -0.2) is 19.2 Å². The Bertz CT molecular complexity index is 211. The maximum Gasteiger partial charge on any atom is 0.631 e. The molecule has 0 amide bonds. The summed E-state index contributed by atoms with van der Waals surface area (Å²) in [6.07, 6.45) is 0. The lowest BCUT2D eigenvalue weighted by Gasteiger charge is -1.72. The largest absolute Gasteiger partial charge is 0.631 e. The zero-order valence-corrected chi connectivity index (χ0v) is 8.05. The number of carbonyl (C=O) groups is 4. The molecule has 0 radical (unpaired) electrons. The molecule has 0 rings (SSSR count). The van der Waals surface area contributed by atoms with Crippen molar-refractivity contribution in [1.82, 2.24) is 6.15 Å². The number of rotatable bonds is 0. The van der Waals surface area contributed by atoms with Crippen LogP contribution in [0.4, 0.5) is 0 Å². The van der Waals surface area contributed by atoms with Crippen LogP contribution in [0.25, 0.3) is 0 Å². The van der Waals surface area contributed by atoms with Crippen LogP contribution in [-0.2, 0) is 19.2 Å². The lowest BCUT2D eigenvalue weighted by atomic mass is 10.3. The van der Waals surface area contributed by atoms with Gasteiger partial charge in [0.05, 0.1) is 0 Å². The van der Waals surface area contributed by atoms with Gasteiger partial charge in [0, 0.05) is 0 Å². The van der Waals surface area contributed by atoms with E-state index < -0.39 is 31.2 Å². The summed E-state index contributed by atoms with van der Waals surface area (Å²) in [5.74, 6) is -7.30. The Morgan fingerprint density at radius 3 is 0.647 bits per heavy atom. The molecule has 10 N–H and O–H groups in total. The monoisotopic (exact) mass is 259 g/mol. The number of hydrogen-bond donors (Lipinski definition) is 8. The van der Waals surface area contributed by atoms with Crippen LogP contribution >= 0.6 is 0 Å². The van der Waals surface area contributed by atoms with Crippen molar-refractivity contribution >= 4 is 31.2 Å². The highest BCUT2D eigenvalue weighted by molar-refractivity contribution is 6.30. The van der Waals surface area contributed by atoms with Crippen molar-refractivity contribution < 1.29 is 54.7 Å². The van der Waals surface area contributed by atoms with Gasteiger partial charge in [-0.15, -0.1) is 0 Å². The summed E-state index contributed by atoms with van der Waals surface area (Å²) in [5, 5.41) is 51.1. The van der Waals surface area contributed by atoms with Crippen LogP contribution in [0.2, 0.25) is 0 Å². The summed E-state index contributed by atoms with van der Waals surface area (Å²) in [6.45, 7) is 0. The second-order valence-electron chi connectivity index (χ2n) is 1.57. The highest BCUT2D eigenvalue weighted by Gasteiger charge is 2.04. The van der Waals surface area contributed by atoms with Gasteiger partial charge in [0.2, 0.25) is 0 Å². The van der Waals surface area contributed by atoms with Gasteiger partial charge in [-0.1, -0.05) is 0 Å². The van der Waals surface area contributed by atoms with Crippen LogP contribution in [0.1, 0.15) is 0 Å². The summed E-state index contributed by atoms with van der Waals surface area (Å²) in [4.78, 5) is 36.4. The minimum Gasteiger partial charge on any atom is -0.473 e. The predicted octanol–water partition coefficient (Wildman–Crippen LogP) is -3.58. The Hall–Kier alpha value is -2.22. The molecule has 0 aromatic heterocycles. The molecule has 0 aliphatic rings. The van der Waals surface area contributed by atoms with E-state index in [1.807, 2.05) is 0 Å². The molecule has 17 heavy (non-hydrogen) atoms. The fourth-order valence-electron chi connectivity index (χ4n) is 0. The maximum atomic E-state index is 9.10. The smallest absolute Gasteiger partial charge is 0.473 e. The normalized spacial score (nSPS) is 6.76. The minimum absolute atomic E-state index is 0.